The lowest BCUT2D eigenvalue weighted by atomic mass is 10.2. The number of fused-ring (bicyclic) bond motifs is 1. The van der Waals surface area contributed by atoms with Crippen LogP contribution in [0.25, 0.3) is 5.65 Å². The van der Waals surface area contributed by atoms with Crippen LogP contribution in [-0.4, -0.2) is 69.9 Å². The van der Waals surface area contributed by atoms with Gasteiger partial charge in [-0.3, -0.25) is 14.0 Å². The van der Waals surface area contributed by atoms with E-state index in [4.69, 9.17) is 4.74 Å². The Morgan fingerprint density at radius 2 is 1.92 bits per heavy atom. The van der Waals surface area contributed by atoms with Crippen LogP contribution in [0, 0.1) is 5.95 Å². The molecular weight excluding hydrogens is 327 g/mol. The number of aromatic nitrogens is 2. The van der Waals surface area contributed by atoms with Crippen molar-refractivity contribution >= 4 is 17.5 Å². The van der Waals surface area contributed by atoms with E-state index in [9.17, 15) is 14.0 Å². The molecule has 0 aromatic carbocycles. The topological polar surface area (TPSA) is 67.2 Å². The van der Waals surface area contributed by atoms with E-state index in [1.807, 2.05) is 0 Å². The van der Waals surface area contributed by atoms with E-state index in [0.717, 1.165) is 12.8 Å². The minimum Gasteiger partial charge on any atom is -0.368 e. The van der Waals surface area contributed by atoms with Gasteiger partial charge < -0.3 is 14.5 Å². The quantitative estimate of drug-likeness (QED) is 0.812. The Hall–Kier alpha value is -2.48. The molecule has 2 aliphatic rings. The zero-order valence-electron chi connectivity index (χ0n) is 13.7. The lowest BCUT2D eigenvalue weighted by Gasteiger charge is -2.35. The van der Waals surface area contributed by atoms with Gasteiger partial charge in [-0.05, 0) is 25.0 Å². The highest BCUT2D eigenvalue weighted by Gasteiger charge is 2.32. The van der Waals surface area contributed by atoms with Crippen LogP contribution >= 0.6 is 0 Å². The first kappa shape index (κ1) is 16.0. The van der Waals surface area contributed by atoms with Gasteiger partial charge in [0.05, 0.1) is 0 Å². The number of halogens is 1. The van der Waals surface area contributed by atoms with Crippen molar-refractivity contribution in [3.63, 3.8) is 0 Å². The van der Waals surface area contributed by atoms with Crippen molar-refractivity contribution in [2.45, 2.75) is 18.9 Å². The highest BCUT2D eigenvalue weighted by atomic mass is 19.1. The van der Waals surface area contributed by atoms with Gasteiger partial charge in [-0.25, -0.2) is 4.98 Å². The van der Waals surface area contributed by atoms with Crippen LogP contribution in [0.3, 0.4) is 0 Å². The maximum absolute atomic E-state index is 14.4. The predicted molar refractivity (Wildman–Crippen MR) is 86.6 cm³/mol. The molecule has 0 bridgehead atoms. The molecule has 2 aliphatic heterocycles. The van der Waals surface area contributed by atoms with Crippen LogP contribution in [0.1, 0.15) is 23.3 Å². The Balaban J connectivity index is 1.44. The van der Waals surface area contributed by atoms with E-state index in [1.165, 1.54) is 10.6 Å². The van der Waals surface area contributed by atoms with Gasteiger partial charge in [-0.15, -0.1) is 0 Å². The summed E-state index contributed by atoms with van der Waals surface area (Å²) in [5.41, 5.74) is 0.223. The monoisotopic (exact) mass is 346 g/mol. The molecule has 4 rings (SSSR count). The van der Waals surface area contributed by atoms with Gasteiger partial charge >= 0.3 is 0 Å². The lowest BCUT2D eigenvalue weighted by Crippen LogP contribution is -2.53. The molecule has 2 aromatic heterocycles. The molecule has 2 aromatic rings. The third-order valence-corrected chi connectivity index (χ3v) is 4.76. The van der Waals surface area contributed by atoms with Crippen LogP contribution in [0.15, 0.2) is 24.4 Å². The van der Waals surface area contributed by atoms with E-state index in [1.54, 1.807) is 28.0 Å². The summed E-state index contributed by atoms with van der Waals surface area (Å²) in [4.78, 5) is 32.3. The normalized spacial score (nSPS) is 21.1. The minimum absolute atomic E-state index is 0.0106. The fourth-order valence-electron chi connectivity index (χ4n) is 3.36. The first-order valence-corrected chi connectivity index (χ1v) is 8.47. The molecule has 0 spiro atoms. The summed E-state index contributed by atoms with van der Waals surface area (Å²) < 4.78 is 21.1. The number of hydrogen-bond acceptors (Lipinski definition) is 4. The van der Waals surface area contributed by atoms with Crippen molar-refractivity contribution in [1.29, 1.82) is 0 Å². The Morgan fingerprint density at radius 3 is 2.60 bits per heavy atom. The molecule has 0 saturated carbocycles. The van der Waals surface area contributed by atoms with Crippen molar-refractivity contribution in [3.8, 4) is 0 Å². The van der Waals surface area contributed by atoms with E-state index >= 15 is 0 Å². The van der Waals surface area contributed by atoms with Gasteiger partial charge in [0.2, 0.25) is 5.95 Å². The molecule has 1 atom stereocenters. The highest BCUT2D eigenvalue weighted by molar-refractivity contribution is 5.93. The SMILES string of the molecule is O=C(c1nc2ccccn2c1F)N1CCN(C(=O)[C@H]2CCCO2)CC1. The molecule has 0 unspecified atom stereocenters. The third kappa shape index (κ3) is 2.86. The molecule has 2 amide bonds. The van der Waals surface area contributed by atoms with E-state index < -0.39 is 11.9 Å². The number of carbonyl (C=O) groups excluding carboxylic acids is 2. The largest absolute Gasteiger partial charge is 0.368 e. The maximum atomic E-state index is 14.4. The third-order valence-electron chi connectivity index (χ3n) is 4.76. The number of amides is 2. The molecule has 25 heavy (non-hydrogen) atoms. The van der Waals surface area contributed by atoms with E-state index in [-0.39, 0.29) is 17.7 Å². The van der Waals surface area contributed by atoms with Gasteiger partial charge in [0, 0.05) is 39.0 Å². The summed E-state index contributed by atoms with van der Waals surface area (Å²) in [6, 6.07) is 5.07. The van der Waals surface area contributed by atoms with Gasteiger partial charge in [0.15, 0.2) is 5.69 Å². The molecule has 2 saturated heterocycles. The number of nitrogens with zero attached hydrogens (tertiary/aromatic N) is 4. The summed E-state index contributed by atoms with van der Waals surface area (Å²) in [6.45, 7) is 2.22. The molecule has 132 valence electrons. The zero-order chi connectivity index (χ0) is 17.4. The number of imidazole rings is 1. The van der Waals surface area contributed by atoms with Crippen LogP contribution in [0.5, 0.6) is 0 Å². The van der Waals surface area contributed by atoms with Gasteiger partial charge in [-0.1, -0.05) is 6.07 Å². The first-order valence-electron chi connectivity index (χ1n) is 8.47. The molecule has 0 N–H and O–H groups in total. The Bertz CT molecular complexity index is 807. The van der Waals surface area contributed by atoms with Crippen LogP contribution in [0.4, 0.5) is 4.39 Å². The average molecular weight is 346 g/mol. The van der Waals surface area contributed by atoms with Crippen molar-refractivity contribution in [3.05, 3.63) is 36.0 Å². The van der Waals surface area contributed by atoms with Crippen molar-refractivity contribution in [2.75, 3.05) is 32.8 Å². The zero-order valence-corrected chi connectivity index (χ0v) is 13.7. The summed E-state index contributed by atoms with van der Waals surface area (Å²) in [5, 5.41) is 0. The van der Waals surface area contributed by atoms with Gasteiger partial charge in [0.25, 0.3) is 11.8 Å². The summed E-state index contributed by atoms with van der Waals surface area (Å²) in [7, 11) is 0. The molecule has 2 fully saturated rings. The molecular formula is C17H19FN4O3. The van der Waals surface area contributed by atoms with Crippen molar-refractivity contribution in [1.82, 2.24) is 19.2 Å². The molecule has 0 aliphatic carbocycles. The number of ether oxygens (including phenoxy) is 1. The predicted octanol–water partition coefficient (Wildman–Crippen LogP) is 0.937. The van der Waals surface area contributed by atoms with Gasteiger partial charge in [0.1, 0.15) is 11.8 Å². The second-order valence-electron chi connectivity index (χ2n) is 6.30. The van der Waals surface area contributed by atoms with Crippen molar-refractivity contribution < 1.29 is 18.7 Å². The van der Waals surface area contributed by atoms with Gasteiger partial charge in [-0.2, -0.15) is 4.39 Å². The van der Waals surface area contributed by atoms with E-state index in [0.29, 0.717) is 38.4 Å². The smallest absolute Gasteiger partial charge is 0.277 e. The van der Waals surface area contributed by atoms with Crippen LogP contribution in [0.2, 0.25) is 0 Å². The fourth-order valence-corrected chi connectivity index (χ4v) is 3.36. The fraction of sp³-hybridized carbons (Fsp3) is 0.471. The van der Waals surface area contributed by atoms with E-state index in [2.05, 4.69) is 4.98 Å². The highest BCUT2D eigenvalue weighted by Crippen LogP contribution is 2.18. The minimum atomic E-state index is -0.654. The molecule has 0 radical (unpaired) electrons. The number of hydrogen-bond donors (Lipinski definition) is 0. The molecule has 7 nitrogen and oxygen atoms in total. The summed E-state index contributed by atoms with van der Waals surface area (Å²) in [5.74, 6) is -1.10. The Labute approximate surface area is 144 Å². The van der Waals surface area contributed by atoms with Crippen LogP contribution in [-0.2, 0) is 9.53 Å². The lowest BCUT2D eigenvalue weighted by molar-refractivity contribution is -0.142. The average Bonchev–Trinajstić information content (AvgIpc) is 3.30. The number of pyridine rings is 1. The summed E-state index contributed by atoms with van der Waals surface area (Å²) in [6.07, 6.45) is 2.84. The Morgan fingerprint density at radius 1 is 1.16 bits per heavy atom. The molecule has 8 heteroatoms. The maximum Gasteiger partial charge on any atom is 0.277 e. The first-order chi connectivity index (χ1) is 12.1. The standard InChI is InChI=1S/C17H19FN4O3/c18-15-14(19-13-5-1-2-6-22(13)15)17(24)21-9-7-20(8-10-21)16(23)12-4-3-11-25-12/h1-2,5-6,12H,3-4,7-11H2/t12-/m1/s1. The van der Waals surface area contributed by atoms with Crippen LogP contribution < -0.4 is 0 Å². The number of piperazine rings is 1. The molecule has 4 heterocycles. The second kappa shape index (κ2) is 6.44. The summed E-state index contributed by atoms with van der Waals surface area (Å²) >= 11 is 0. The van der Waals surface area contributed by atoms with Crippen molar-refractivity contribution in [2.24, 2.45) is 0 Å². The second-order valence-corrected chi connectivity index (χ2v) is 6.30. The number of carbonyl (C=O) groups is 2. The Kier molecular flexibility index (Phi) is 4.12. The number of rotatable bonds is 2.